The molecular weight excluding hydrogens is 314 g/mol. The van der Waals surface area contributed by atoms with Crippen molar-refractivity contribution in [1.82, 2.24) is 10.7 Å². The number of thiocarbonyl (C=S) groups is 1. The van der Waals surface area contributed by atoms with Crippen LogP contribution in [0, 0.1) is 0 Å². The van der Waals surface area contributed by atoms with Crippen LogP contribution in [0.3, 0.4) is 0 Å². The molecule has 0 bridgehead atoms. The summed E-state index contributed by atoms with van der Waals surface area (Å²) < 4.78 is 16.6. The monoisotopic (exact) mass is 335 g/mol. The minimum absolute atomic E-state index is 0.248. The summed E-state index contributed by atoms with van der Waals surface area (Å²) >= 11 is 5.22. The molecule has 2 heterocycles. The van der Waals surface area contributed by atoms with Crippen molar-refractivity contribution >= 4 is 23.0 Å². The highest BCUT2D eigenvalue weighted by molar-refractivity contribution is 7.80. The number of fused-ring (bicyclic) bond motifs is 1. The van der Waals surface area contributed by atoms with Crippen LogP contribution in [0.4, 0.5) is 0 Å². The molecule has 1 aromatic carbocycles. The first-order chi connectivity index (χ1) is 11.2. The molecule has 1 fully saturated rings. The van der Waals surface area contributed by atoms with Gasteiger partial charge >= 0.3 is 0 Å². The van der Waals surface area contributed by atoms with Gasteiger partial charge in [0, 0.05) is 18.7 Å². The molecule has 23 heavy (non-hydrogen) atoms. The van der Waals surface area contributed by atoms with E-state index in [4.69, 9.17) is 26.4 Å². The Morgan fingerprint density at radius 1 is 1.26 bits per heavy atom. The first-order valence-corrected chi connectivity index (χ1v) is 8.23. The van der Waals surface area contributed by atoms with Gasteiger partial charge in [0.25, 0.3) is 0 Å². The Bertz CT molecular complexity index is 600. The Morgan fingerprint density at radius 3 is 2.87 bits per heavy atom. The zero-order valence-electron chi connectivity index (χ0n) is 13.1. The molecule has 2 N–H and O–H groups in total. The zero-order valence-corrected chi connectivity index (χ0v) is 13.9. The third kappa shape index (κ3) is 4.33. The number of nitrogens with zero attached hydrogens (tertiary/aromatic N) is 1. The molecule has 0 aliphatic carbocycles. The molecule has 124 valence electrons. The van der Waals surface area contributed by atoms with E-state index < -0.39 is 0 Å². The highest BCUT2D eigenvalue weighted by Gasteiger charge is 2.15. The number of rotatable bonds is 4. The minimum atomic E-state index is 0.248. The fourth-order valence-corrected chi connectivity index (χ4v) is 2.65. The lowest BCUT2D eigenvalue weighted by atomic mass is 10.1. The predicted molar refractivity (Wildman–Crippen MR) is 92.4 cm³/mol. The normalized spacial score (nSPS) is 20.2. The predicted octanol–water partition coefficient (Wildman–Crippen LogP) is 1.82. The van der Waals surface area contributed by atoms with Gasteiger partial charge in [-0.15, -0.1) is 0 Å². The molecule has 2 aliphatic heterocycles. The largest absolute Gasteiger partial charge is 0.486 e. The van der Waals surface area contributed by atoms with Crippen LogP contribution >= 0.6 is 12.2 Å². The Hall–Kier alpha value is -1.86. The summed E-state index contributed by atoms with van der Waals surface area (Å²) in [5, 5.41) is 7.94. The summed E-state index contributed by atoms with van der Waals surface area (Å²) in [7, 11) is 0. The van der Waals surface area contributed by atoms with E-state index in [1.54, 1.807) is 0 Å². The zero-order chi connectivity index (χ0) is 16.1. The number of hydrogen-bond donors (Lipinski definition) is 2. The quantitative estimate of drug-likeness (QED) is 0.497. The van der Waals surface area contributed by atoms with Crippen LogP contribution in [0.5, 0.6) is 11.5 Å². The van der Waals surface area contributed by atoms with Gasteiger partial charge in [-0.25, -0.2) is 0 Å². The van der Waals surface area contributed by atoms with Gasteiger partial charge < -0.3 is 19.5 Å². The number of hydrazone groups is 1. The van der Waals surface area contributed by atoms with E-state index in [0.29, 0.717) is 24.9 Å². The van der Waals surface area contributed by atoms with E-state index in [-0.39, 0.29) is 6.10 Å². The Kier molecular flexibility index (Phi) is 5.30. The van der Waals surface area contributed by atoms with Crippen molar-refractivity contribution in [3.63, 3.8) is 0 Å². The van der Waals surface area contributed by atoms with Gasteiger partial charge in [0.05, 0.1) is 11.8 Å². The molecule has 3 rings (SSSR count). The third-order valence-corrected chi connectivity index (χ3v) is 4.04. The molecule has 0 saturated carbocycles. The molecule has 0 amide bonds. The number of ether oxygens (including phenoxy) is 3. The van der Waals surface area contributed by atoms with E-state index >= 15 is 0 Å². The number of hydrogen-bond acceptors (Lipinski definition) is 5. The van der Waals surface area contributed by atoms with E-state index in [1.165, 1.54) is 0 Å². The summed E-state index contributed by atoms with van der Waals surface area (Å²) in [5.74, 6) is 1.52. The molecular formula is C16H21N3O3S. The van der Waals surface area contributed by atoms with Gasteiger partial charge in [0.15, 0.2) is 16.6 Å². The Morgan fingerprint density at radius 2 is 2.09 bits per heavy atom. The van der Waals surface area contributed by atoms with E-state index in [0.717, 1.165) is 42.2 Å². The van der Waals surface area contributed by atoms with Crippen LogP contribution < -0.4 is 20.2 Å². The highest BCUT2D eigenvalue weighted by atomic mass is 32.1. The van der Waals surface area contributed by atoms with E-state index in [2.05, 4.69) is 15.8 Å². The first kappa shape index (κ1) is 16.0. The third-order valence-electron chi connectivity index (χ3n) is 3.80. The smallest absolute Gasteiger partial charge is 0.187 e. The second kappa shape index (κ2) is 7.61. The molecule has 1 aromatic rings. The van der Waals surface area contributed by atoms with Gasteiger partial charge in [0.1, 0.15) is 13.2 Å². The van der Waals surface area contributed by atoms with Gasteiger partial charge in [-0.05, 0) is 50.2 Å². The first-order valence-electron chi connectivity index (χ1n) is 7.82. The summed E-state index contributed by atoms with van der Waals surface area (Å²) in [5.41, 5.74) is 4.65. The van der Waals surface area contributed by atoms with Crippen LogP contribution in [-0.2, 0) is 4.74 Å². The number of benzene rings is 1. The van der Waals surface area contributed by atoms with Gasteiger partial charge in [-0.1, -0.05) is 0 Å². The molecule has 6 nitrogen and oxygen atoms in total. The molecule has 1 atom stereocenters. The van der Waals surface area contributed by atoms with Crippen LogP contribution in [0.15, 0.2) is 23.3 Å². The fraction of sp³-hybridized carbons (Fsp3) is 0.500. The Balaban J connectivity index is 1.53. The molecule has 7 heteroatoms. The maximum absolute atomic E-state index is 5.58. The molecule has 1 saturated heterocycles. The number of nitrogens with one attached hydrogen (secondary N) is 2. The molecule has 0 aromatic heterocycles. The van der Waals surface area contributed by atoms with E-state index in [1.807, 2.05) is 25.1 Å². The lowest BCUT2D eigenvalue weighted by molar-refractivity contribution is 0.114. The van der Waals surface area contributed by atoms with Gasteiger partial charge in [-0.3, -0.25) is 5.43 Å². The average Bonchev–Trinajstić information content (AvgIpc) is 3.11. The average molecular weight is 335 g/mol. The van der Waals surface area contributed by atoms with Crippen molar-refractivity contribution in [3.8, 4) is 11.5 Å². The van der Waals surface area contributed by atoms with Crippen LogP contribution in [0.1, 0.15) is 25.3 Å². The van der Waals surface area contributed by atoms with Crippen molar-refractivity contribution < 1.29 is 14.2 Å². The highest BCUT2D eigenvalue weighted by Crippen LogP contribution is 2.30. The van der Waals surface area contributed by atoms with Crippen molar-refractivity contribution in [3.05, 3.63) is 23.8 Å². The topological polar surface area (TPSA) is 64.1 Å². The van der Waals surface area contributed by atoms with Crippen LogP contribution in [0.2, 0.25) is 0 Å². The van der Waals surface area contributed by atoms with Crippen molar-refractivity contribution in [1.29, 1.82) is 0 Å². The van der Waals surface area contributed by atoms with Gasteiger partial charge in [-0.2, -0.15) is 5.10 Å². The summed E-state index contributed by atoms with van der Waals surface area (Å²) in [6, 6.07) is 5.78. The molecule has 0 radical (unpaired) electrons. The Labute approximate surface area is 141 Å². The SMILES string of the molecule is C/C(=N/NC(=S)NCC1CCCO1)c1ccc2c(c1)OCCO2. The van der Waals surface area contributed by atoms with Crippen molar-refractivity contribution in [2.75, 3.05) is 26.4 Å². The molecule has 0 spiro atoms. The van der Waals surface area contributed by atoms with E-state index in [9.17, 15) is 0 Å². The summed E-state index contributed by atoms with van der Waals surface area (Å²) in [6.45, 7) is 4.63. The van der Waals surface area contributed by atoms with Crippen LogP contribution in [0.25, 0.3) is 0 Å². The lowest BCUT2D eigenvalue weighted by Gasteiger charge is -2.18. The maximum Gasteiger partial charge on any atom is 0.187 e. The van der Waals surface area contributed by atoms with Crippen molar-refractivity contribution in [2.24, 2.45) is 5.10 Å². The van der Waals surface area contributed by atoms with Crippen molar-refractivity contribution in [2.45, 2.75) is 25.9 Å². The standard InChI is InChI=1S/C16H21N3O3S/c1-11(12-4-5-14-15(9-12)22-8-7-21-14)18-19-16(23)17-10-13-3-2-6-20-13/h4-5,9,13H,2-3,6-8,10H2,1H3,(H2,17,19,23)/b18-11-. The van der Waals surface area contributed by atoms with Crippen LogP contribution in [-0.4, -0.2) is 43.3 Å². The maximum atomic E-state index is 5.58. The van der Waals surface area contributed by atoms with Gasteiger partial charge in [0.2, 0.25) is 0 Å². The summed E-state index contributed by atoms with van der Waals surface area (Å²) in [4.78, 5) is 0. The summed E-state index contributed by atoms with van der Waals surface area (Å²) in [6.07, 6.45) is 2.45. The second-order valence-electron chi connectivity index (χ2n) is 5.51. The lowest BCUT2D eigenvalue weighted by Crippen LogP contribution is -2.37. The second-order valence-corrected chi connectivity index (χ2v) is 5.92. The molecule has 1 unspecified atom stereocenters. The minimum Gasteiger partial charge on any atom is -0.486 e. The molecule has 2 aliphatic rings. The fourth-order valence-electron chi connectivity index (χ4n) is 2.52.